The molecule has 1 aliphatic heterocycles. The molecule has 6 heteroatoms. The molecule has 1 saturated heterocycles. The number of aryl methyl sites for hydroxylation is 1. The summed E-state index contributed by atoms with van der Waals surface area (Å²) in [5.41, 5.74) is 5.71. The number of nitrogens with zero attached hydrogens (tertiary/aromatic N) is 4. The van der Waals surface area contributed by atoms with E-state index in [1.54, 1.807) is 0 Å². The van der Waals surface area contributed by atoms with Crippen LogP contribution in [0.1, 0.15) is 26.1 Å². The fourth-order valence-corrected chi connectivity index (χ4v) is 3.18. The number of hydrogen-bond donors (Lipinski definition) is 1. The van der Waals surface area contributed by atoms with Crippen LogP contribution in [-0.4, -0.2) is 53.5 Å². The van der Waals surface area contributed by atoms with E-state index >= 15 is 0 Å². The molecule has 108 valence electrons. The van der Waals surface area contributed by atoms with Crippen molar-refractivity contribution in [3.8, 4) is 0 Å². The Morgan fingerprint density at radius 3 is 2.84 bits per heavy atom. The molecule has 2 rings (SSSR count). The van der Waals surface area contributed by atoms with Gasteiger partial charge in [-0.15, -0.1) is 0 Å². The summed E-state index contributed by atoms with van der Waals surface area (Å²) >= 11 is 1.54. The standard InChI is InChI=1S/C13H25N5S/c1-3-12-15-13(19-16-12)18-6-4-5-17(7-8-18)10-11(2)9-14/h11H,3-10,14H2,1-2H3. The van der Waals surface area contributed by atoms with Gasteiger partial charge in [-0.05, 0) is 25.4 Å². The van der Waals surface area contributed by atoms with E-state index in [-0.39, 0.29) is 0 Å². The number of rotatable bonds is 5. The Labute approximate surface area is 120 Å². The SMILES string of the molecule is CCc1nsc(N2CCCN(CC(C)CN)CC2)n1. The van der Waals surface area contributed by atoms with Crippen LogP contribution in [0.25, 0.3) is 0 Å². The van der Waals surface area contributed by atoms with Crippen molar-refractivity contribution in [3.63, 3.8) is 0 Å². The molecule has 0 amide bonds. The van der Waals surface area contributed by atoms with Crippen molar-refractivity contribution in [1.82, 2.24) is 14.3 Å². The van der Waals surface area contributed by atoms with Crippen molar-refractivity contribution in [2.45, 2.75) is 26.7 Å². The Hall–Kier alpha value is -0.720. The monoisotopic (exact) mass is 283 g/mol. The Bertz CT molecular complexity index is 381. The zero-order valence-corrected chi connectivity index (χ0v) is 12.8. The Kier molecular flexibility index (Phi) is 5.54. The maximum Gasteiger partial charge on any atom is 0.205 e. The van der Waals surface area contributed by atoms with E-state index in [0.717, 1.165) is 50.1 Å². The molecule has 0 saturated carbocycles. The van der Waals surface area contributed by atoms with E-state index < -0.39 is 0 Å². The number of aromatic nitrogens is 2. The third-order valence-corrected chi connectivity index (χ3v) is 4.42. The van der Waals surface area contributed by atoms with Gasteiger partial charge in [0.05, 0.1) is 0 Å². The Balaban J connectivity index is 1.89. The van der Waals surface area contributed by atoms with Gasteiger partial charge in [-0.25, -0.2) is 4.98 Å². The summed E-state index contributed by atoms with van der Waals surface area (Å²) in [5, 5.41) is 1.09. The molecule has 1 fully saturated rings. The van der Waals surface area contributed by atoms with Gasteiger partial charge >= 0.3 is 0 Å². The summed E-state index contributed by atoms with van der Waals surface area (Å²) < 4.78 is 4.38. The molecule has 0 aliphatic carbocycles. The molecule has 1 aromatic rings. The molecular weight excluding hydrogens is 258 g/mol. The highest BCUT2D eigenvalue weighted by Crippen LogP contribution is 2.19. The van der Waals surface area contributed by atoms with Crippen LogP contribution in [0.5, 0.6) is 0 Å². The van der Waals surface area contributed by atoms with Crippen LogP contribution in [0.4, 0.5) is 5.13 Å². The topological polar surface area (TPSA) is 58.3 Å². The molecule has 0 spiro atoms. The highest BCUT2D eigenvalue weighted by atomic mass is 32.1. The maximum atomic E-state index is 5.71. The molecule has 19 heavy (non-hydrogen) atoms. The van der Waals surface area contributed by atoms with E-state index in [9.17, 15) is 0 Å². The molecule has 5 nitrogen and oxygen atoms in total. The molecule has 1 atom stereocenters. The lowest BCUT2D eigenvalue weighted by atomic mass is 10.1. The van der Waals surface area contributed by atoms with Gasteiger partial charge < -0.3 is 15.5 Å². The van der Waals surface area contributed by atoms with Crippen molar-refractivity contribution < 1.29 is 0 Å². The third-order valence-electron chi connectivity index (χ3n) is 3.60. The van der Waals surface area contributed by atoms with Gasteiger partial charge in [0.15, 0.2) is 0 Å². The second kappa shape index (κ2) is 7.17. The summed E-state index contributed by atoms with van der Waals surface area (Å²) in [7, 11) is 0. The summed E-state index contributed by atoms with van der Waals surface area (Å²) in [6.45, 7) is 10.6. The maximum absolute atomic E-state index is 5.71. The van der Waals surface area contributed by atoms with Gasteiger partial charge in [-0.2, -0.15) is 4.37 Å². The average molecular weight is 283 g/mol. The highest BCUT2D eigenvalue weighted by Gasteiger charge is 2.18. The van der Waals surface area contributed by atoms with Gasteiger partial charge in [0.1, 0.15) is 5.82 Å². The van der Waals surface area contributed by atoms with Crippen LogP contribution < -0.4 is 10.6 Å². The van der Waals surface area contributed by atoms with Crippen molar-refractivity contribution in [3.05, 3.63) is 5.82 Å². The third kappa shape index (κ3) is 4.12. The summed E-state index contributed by atoms with van der Waals surface area (Å²) in [6, 6.07) is 0. The highest BCUT2D eigenvalue weighted by molar-refractivity contribution is 7.09. The summed E-state index contributed by atoms with van der Waals surface area (Å²) in [6.07, 6.45) is 2.11. The fraction of sp³-hybridized carbons (Fsp3) is 0.846. The molecular formula is C13H25N5S. The molecule has 2 N–H and O–H groups in total. The summed E-state index contributed by atoms with van der Waals surface area (Å²) in [4.78, 5) is 9.50. The van der Waals surface area contributed by atoms with Gasteiger partial charge in [-0.1, -0.05) is 13.8 Å². The lowest BCUT2D eigenvalue weighted by Crippen LogP contribution is -2.35. The first kappa shape index (κ1) is 14.7. The molecule has 1 aromatic heterocycles. The molecule has 0 aromatic carbocycles. The minimum Gasteiger partial charge on any atom is -0.346 e. The zero-order valence-electron chi connectivity index (χ0n) is 12.0. The normalized spacial score (nSPS) is 19.4. The Morgan fingerprint density at radius 2 is 2.16 bits per heavy atom. The van der Waals surface area contributed by atoms with Crippen LogP contribution in [0.15, 0.2) is 0 Å². The van der Waals surface area contributed by atoms with E-state index in [1.807, 2.05) is 0 Å². The first-order chi connectivity index (χ1) is 9.22. The summed E-state index contributed by atoms with van der Waals surface area (Å²) in [5.74, 6) is 1.55. The molecule has 2 heterocycles. The van der Waals surface area contributed by atoms with Crippen molar-refractivity contribution >= 4 is 16.7 Å². The predicted octanol–water partition coefficient (Wildman–Crippen LogP) is 1.21. The largest absolute Gasteiger partial charge is 0.346 e. The number of anilines is 1. The van der Waals surface area contributed by atoms with E-state index in [4.69, 9.17) is 5.73 Å². The van der Waals surface area contributed by atoms with E-state index in [0.29, 0.717) is 5.92 Å². The fourth-order valence-electron chi connectivity index (χ4n) is 2.38. The second-order valence-electron chi connectivity index (χ2n) is 5.33. The first-order valence-corrected chi connectivity index (χ1v) is 8.00. The van der Waals surface area contributed by atoms with Crippen LogP contribution >= 0.6 is 11.5 Å². The lowest BCUT2D eigenvalue weighted by molar-refractivity contribution is 0.255. The Morgan fingerprint density at radius 1 is 1.32 bits per heavy atom. The number of hydrogen-bond acceptors (Lipinski definition) is 6. The van der Waals surface area contributed by atoms with Crippen LogP contribution in [-0.2, 0) is 6.42 Å². The van der Waals surface area contributed by atoms with Crippen molar-refractivity contribution in [1.29, 1.82) is 0 Å². The molecule has 0 radical (unpaired) electrons. The lowest BCUT2D eigenvalue weighted by Gasteiger charge is -2.23. The van der Waals surface area contributed by atoms with Crippen LogP contribution in [0.2, 0.25) is 0 Å². The zero-order chi connectivity index (χ0) is 13.7. The molecule has 1 unspecified atom stereocenters. The van der Waals surface area contributed by atoms with Gasteiger partial charge in [0.2, 0.25) is 5.13 Å². The molecule has 1 aliphatic rings. The van der Waals surface area contributed by atoms with E-state index in [2.05, 4.69) is 33.0 Å². The van der Waals surface area contributed by atoms with Gasteiger partial charge in [-0.3, -0.25) is 0 Å². The number of nitrogens with two attached hydrogens (primary N) is 1. The smallest absolute Gasteiger partial charge is 0.205 e. The minimum atomic E-state index is 0.583. The van der Waals surface area contributed by atoms with Crippen molar-refractivity contribution in [2.75, 3.05) is 44.2 Å². The van der Waals surface area contributed by atoms with Crippen molar-refractivity contribution in [2.24, 2.45) is 11.7 Å². The molecule has 0 bridgehead atoms. The second-order valence-corrected chi connectivity index (χ2v) is 6.06. The first-order valence-electron chi connectivity index (χ1n) is 7.23. The predicted molar refractivity (Wildman–Crippen MR) is 80.8 cm³/mol. The minimum absolute atomic E-state index is 0.583. The van der Waals surface area contributed by atoms with Gasteiger partial charge in [0, 0.05) is 44.1 Å². The van der Waals surface area contributed by atoms with E-state index in [1.165, 1.54) is 24.5 Å². The average Bonchev–Trinajstić information content (AvgIpc) is 2.79. The quantitative estimate of drug-likeness (QED) is 0.880. The van der Waals surface area contributed by atoms with Gasteiger partial charge in [0.25, 0.3) is 0 Å². The van der Waals surface area contributed by atoms with Crippen LogP contribution in [0.3, 0.4) is 0 Å². The van der Waals surface area contributed by atoms with Crippen LogP contribution in [0, 0.1) is 5.92 Å².